The van der Waals surface area contributed by atoms with E-state index >= 15 is 0 Å². The summed E-state index contributed by atoms with van der Waals surface area (Å²) in [4.78, 5) is 38.8. The van der Waals surface area contributed by atoms with Crippen molar-refractivity contribution in [3.8, 4) is 5.75 Å². The maximum absolute atomic E-state index is 12.7. The Morgan fingerprint density at radius 1 is 1.03 bits per heavy atom. The summed E-state index contributed by atoms with van der Waals surface area (Å²) in [5.41, 5.74) is 7.17. The van der Waals surface area contributed by atoms with E-state index in [2.05, 4.69) is 10.9 Å². The first-order valence-corrected chi connectivity index (χ1v) is 11.8. The van der Waals surface area contributed by atoms with Gasteiger partial charge in [0.05, 0.1) is 4.91 Å². The summed E-state index contributed by atoms with van der Waals surface area (Å²) in [7, 11) is 0. The largest absolute Gasteiger partial charge is 0.508 e. The predicted octanol–water partition coefficient (Wildman–Crippen LogP) is 3.92. The molecule has 3 rings (SSSR count). The molecule has 1 fully saturated rings. The molecule has 0 bridgehead atoms. The van der Waals surface area contributed by atoms with Crippen molar-refractivity contribution in [2.45, 2.75) is 32.6 Å². The standard InChI is InChI=1S/C24H25N3O4S2/c1-16-6-8-17(9-7-16)15-20-23(31)27(24(32)33-20)14-4-2-3-5-21(29)25-26-22(30)18-10-12-19(28)13-11-18/h6-13,15,28H,2-5,14H2,1H3,(H,25,29)(H,26,30). The van der Waals surface area contributed by atoms with Crippen molar-refractivity contribution >= 4 is 52.1 Å². The Kier molecular flexibility index (Phi) is 8.62. The molecular formula is C24H25N3O4S2. The second-order valence-corrected chi connectivity index (χ2v) is 9.28. The lowest BCUT2D eigenvalue weighted by Crippen LogP contribution is -2.41. The van der Waals surface area contributed by atoms with Crippen molar-refractivity contribution in [2.75, 3.05) is 6.54 Å². The summed E-state index contributed by atoms with van der Waals surface area (Å²) in [6.07, 6.45) is 4.19. The van der Waals surface area contributed by atoms with E-state index in [1.807, 2.05) is 37.3 Å². The van der Waals surface area contributed by atoms with Gasteiger partial charge in [0.2, 0.25) is 5.91 Å². The lowest BCUT2D eigenvalue weighted by Gasteiger charge is -2.14. The smallest absolute Gasteiger partial charge is 0.269 e. The van der Waals surface area contributed by atoms with Crippen LogP contribution in [0.1, 0.15) is 47.2 Å². The van der Waals surface area contributed by atoms with Gasteiger partial charge in [0.15, 0.2) is 0 Å². The van der Waals surface area contributed by atoms with Gasteiger partial charge in [-0.15, -0.1) is 0 Å². The summed E-state index contributed by atoms with van der Waals surface area (Å²) in [5, 5.41) is 9.24. The van der Waals surface area contributed by atoms with Gasteiger partial charge in [-0.25, -0.2) is 0 Å². The van der Waals surface area contributed by atoms with Crippen LogP contribution in [0.25, 0.3) is 6.08 Å². The van der Waals surface area contributed by atoms with Crippen molar-refractivity contribution in [1.29, 1.82) is 0 Å². The van der Waals surface area contributed by atoms with Crippen LogP contribution in [-0.2, 0) is 9.59 Å². The highest BCUT2D eigenvalue weighted by molar-refractivity contribution is 8.26. The average molecular weight is 484 g/mol. The topological polar surface area (TPSA) is 98.7 Å². The number of aromatic hydroxyl groups is 1. The van der Waals surface area contributed by atoms with E-state index in [0.29, 0.717) is 27.8 Å². The van der Waals surface area contributed by atoms with Crippen LogP contribution in [-0.4, -0.2) is 38.6 Å². The number of thiocarbonyl (C=S) groups is 1. The Morgan fingerprint density at radius 2 is 1.73 bits per heavy atom. The highest BCUT2D eigenvalue weighted by Gasteiger charge is 2.31. The number of hydrogen-bond acceptors (Lipinski definition) is 6. The molecule has 3 N–H and O–H groups in total. The number of rotatable bonds is 8. The molecule has 7 nitrogen and oxygen atoms in total. The molecule has 1 saturated heterocycles. The van der Waals surface area contributed by atoms with Gasteiger partial charge in [-0.1, -0.05) is 60.2 Å². The van der Waals surface area contributed by atoms with Gasteiger partial charge in [-0.05, 0) is 55.7 Å². The zero-order valence-corrected chi connectivity index (χ0v) is 19.8. The summed E-state index contributed by atoms with van der Waals surface area (Å²) < 4.78 is 0.549. The van der Waals surface area contributed by atoms with Gasteiger partial charge in [0, 0.05) is 18.5 Å². The summed E-state index contributed by atoms with van der Waals surface area (Å²) in [6.45, 7) is 2.52. The monoisotopic (exact) mass is 483 g/mol. The van der Waals surface area contributed by atoms with Crippen LogP contribution in [0.2, 0.25) is 0 Å². The number of thioether (sulfide) groups is 1. The molecular weight excluding hydrogens is 458 g/mol. The molecule has 0 aromatic heterocycles. The molecule has 172 valence electrons. The summed E-state index contributed by atoms with van der Waals surface area (Å²) in [5.74, 6) is -0.783. The number of nitrogens with zero attached hydrogens (tertiary/aromatic N) is 1. The molecule has 0 spiro atoms. The molecule has 1 aliphatic rings. The van der Waals surface area contributed by atoms with Gasteiger partial charge in [0.25, 0.3) is 11.8 Å². The third-order valence-corrected chi connectivity index (χ3v) is 6.36. The summed E-state index contributed by atoms with van der Waals surface area (Å²) >= 11 is 6.67. The van der Waals surface area contributed by atoms with E-state index in [1.165, 1.54) is 36.0 Å². The van der Waals surface area contributed by atoms with Crippen LogP contribution >= 0.6 is 24.0 Å². The van der Waals surface area contributed by atoms with Crippen molar-refractivity contribution in [1.82, 2.24) is 15.8 Å². The minimum Gasteiger partial charge on any atom is -0.508 e. The van der Waals surface area contributed by atoms with Gasteiger partial charge < -0.3 is 5.11 Å². The number of carbonyl (C=O) groups excluding carboxylic acids is 3. The highest BCUT2D eigenvalue weighted by Crippen LogP contribution is 2.32. The zero-order valence-electron chi connectivity index (χ0n) is 18.2. The fourth-order valence-electron chi connectivity index (χ4n) is 3.11. The molecule has 3 amide bonds. The molecule has 0 unspecified atom stereocenters. The van der Waals surface area contributed by atoms with Crippen LogP contribution in [0.3, 0.4) is 0 Å². The minimum atomic E-state index is -0.462. The third kappa shape index (κ3) is 7.16. The Bertz CT molecular complexity index is 1070. The maximum Gasteiger partial charge on any atom is 0.269 e. The van der Waals surface area contributed by atoms with Gasteiger partial charge in [-0.3, -0.25) is 30.1 Å². The number of benzene rings is 2. The molecule has 1 heterocycles. The van der Waals surface area contributed by atoms with Crippen molar-refractivity contribution < 1.29 is 19.5 Å². The third-order valence-electron chi connectivity index (χ3n) is 4.98. The van der Waals surface area contributed by atoms with Crippen molar-refractivity contribution in [3.63, 3.8) is 0 Å². The fourth-order valence-corrected chi connectivity index (χ4v) is 4.42. The number of phenols is 1. The number of aryl methyl sites for hydroxylation is 1. The number of hydrazine groups is 1. The first-order chi connectivity index (χ1) is 15.8. The zero-order chi connectivity index (χ0) is 23.8. The molecule has 0 atom stereocenters. The van der Waals surface area contributed by atoms with Crippen molar-refractivity contribution in [2.24, 2.45) is 0 Å². The molecule has 0 radical (unpaired) electrons. The predicted molar refractivity (Wildman–Crippen MR) is 133 cm³/mol. The van der Waals surface area contributed by atoms with Crippen LogP contribution in [0.5, 0.6) is 5.75 Å². The number of unbranched alkanes of at least 4 members (excludes halogenated alkanes) is 2. The maximum atomic E-state index is 12.7. The van der Waals surface area contributed by atoms with E-state index in [9.17, 15) is 19.5 Å². The first kappa shape index (κ1) is 24.5. The van der Waals surface area contributed by atoms with E-state index < -0.39 is 5.91 Å². The molecule has 0 aliphatic carbocycles. The Balaban J connectivity index is 1.35. The highest BCUT2D eigenvalue weighted by atomic mass is 32.2. The first-order valence-electron chi connectivity index (χ1n) is 10.5. The van der Waals surface area contributed by atoms with E-state index in [-0.39, 0.29) is 24.0 Å². The SMILES string of the molecule is Cc1ccc(C=C2SC(=S)N(CCCCCC(=O)NNC(=O)c3ccc(O)cc3)C2=O)cc1. The van der Waals surface area contributed by atoms with Crippen LogP contribution in [0.4, 0.5) is 0 Å². The van der Waals surface area contributed by atoms with Crippen LogP contribution < -0.4 is 10.9 Å². The molecule has 1 aliphatic heterocycles. The van der Waals surface area contributed by atoms with Gasteiger partial charge in [0.1, 0.15) is 10.1 Å². The number of amides is 3. The second kappa shape index (κ2) is 11.6. The fraction of sp³-hybridized carbons (Fsp3) is 0.250. The van der Waals surface area contributed by atoms with Crippen molar-refractivity contribution in [3.05, 3.63) is 70.1 Å². The molecule has 9 heteroatoms. The summed E-state index contributed by atoms with van der Waals surface area (Å²) in [6, 6.07) is 13.7. The van der Waals surface area contributed by atoms with E-state index in [0.717, 1.165) is 24.0 Å². The number of carbonyl (C=O) groups is 3. The normalized spacial score (nSPS) is 14.6. The lowest BCUT2D eigenvalue weighted by molar-refractivity contribution is -0.123. The van der Waals surface area contributed by atoms with Gasteiger partial charge >= 0.3 is 0 Å². The molecule has 33 heavy (non-hydrogen) atoms. The molecule has 2 aromatic carbocycles. The average Bonchev–Trinajstić information content (AvgIpc) is 3.06. The number of nitrogens with one attached hydrogen (secondary N) is 2. The Labute approximate surface area is 202 Å². The molecule has 0 saturated carbocycles. The van der Waals surface area contributed by atoms with E-state index in [4.69, 9.17) is 12.2 Å². The number of phenolic OH excluding ortho intramolecular Hbond substituents is 1. The van der Waals surface area contributed by atoms with Gasteiger partial charge in [-0.2, -0.15) is 0 Å². The molecule has 2 aromatic rings. The number of hydrogen-bond donors (Lipinski definition) is 3. The van der Waals surface area contributed by atoms with Crippen LogP contribution in [0.15, 0.2) is 53.4 Å². The second-order valence-electron chi connectivity index (χ2n) is 7.60. The lowest BCUT2D eigenvalue weighted by atomic mass is 10.1. The Morgan fingerprint density at radius 3 is 2.42 bits per heavy atom. The Hall–Kier alpha value is -3.17. The van der Waals surface area contributed by atoms with Crippen LogP contribution in [0, 0.1) is 6.92 Å². The minimum absolute atomic E-state index is 0.0593. The van der Waals surface area contributed by atoms with E-state index in [1.54, 1.807) is 4.90 Å². The quantitative estimate of drug-likeness (QED) is 0.228.